The topological polar surface area (TPSA) is 57.6 Å². The third kappa shape index (κ3) is 6.48. The molecule has 4 aromatic rings. The fourth-order valence-corrected chi connectivity index (χ4v) is 4.38. The second kappa shape index (κ2) is 12.2. The van der Waals surface area contributed by atoms with Gasteiger partial charge in [-0.05, 0) is 52.8 Å². The van der Waals surface area contributed by atoms with Gasteiger partial charge in [-0.2, -0.15) is 0 Å². The summed E-state index contributed by atoms with van der Waals surface area (Å²) in [6, 6.07) is 25.4. The smallest absolute Gasteiger partial charge is 0.307 e. The fraction of sp³-hybridized carbons (Fsp3) is 0.161. The Bertz CT molecular complexity index is 1420. The number of benzene rings is 4. The summed E-state index contributed by atoms with van der Waals surface area (Å²) in [5, 5.41) is 9.21. The Labute approximate surface area is 219 Å². The van der Waals surface area contributed by atoms with E-state index in [1.54, 1.807) is 24.3 Å². The van der Waals surface area contributed by atoms with Crippen LogP contribution in [0.25, 0.3) is 11.1 Å². The van der Waals surface area contributed by atoms with Crippen LogP contribution in [-0.4, -0.2) is 28.4 Å². The number of nitrogens with zero attached hydrogens (tertiary/aromatic N) is 1. The molecule has 7 heteroatoms. The van der Waals surface area contributed by atoms with Gasteiger partial charge in [-0.1, -0.05) is 78.9 Å². The zero-order chi connectivity index (χ0) is 27.1. The van der Waals surface area contributed by atoms with Crippen molar-refractivity contribution in [3.63, 3.8) is 0 Å². The molecule has 0 aliphatic rings. The van der Waals surface area contributed by atoms with E-state index in [0.717, 1.165) is 22.8 Å². The van der Waals surface area contributed by atoms with Gasteiger partial charge < -0.3 is 10.0 Å². The van der Waals surface area contributed by atoms with Crippen LogP contribution in [0.3, 0.4) is 0 Å². The predicted molar refractivity (Wildman–Crippen MR) is 139 cm³/mol. The molecule has 0 aliphatic carbocycles. The van der Waals surface area contributed by atoms with Gasteiger partial charge in [0.1, 0.15) is 11.4 Å². The maximum atomic E-state index is 14.5. The Morgan fingerprint density at radius 3 is 2.11 bits per heavy atom. The van der Waals surface area contributed by atoms with E-state index in [0.29, 0.717) is 30.0 Å². The van der Waals surface area contributed by atoms with Gasteiger partial charge in [-0.3, -0.25) is 9.59 Å². The lowest BCUT2D eigenvalue weighted by Crippen LogP contribution is -2.33. The number of hydrogen-bond acceptors (Lipinski definition) is 2. The Morgan fingerprint density at radius 1 is 0.737 bits per heavy atom. The molecule has 0 spiro atoms. The molecule has 0 atom stereocenters. The number of amides is 1. The molecular weight excluding hydrogens is 491 g/mol. The van der Waals surface area contributed by atoms with Gasteiger partial charge in [0.25, 0.3) is 5.91 Å². The normalized spacial score (nSPS) is 10.8. The van der Waals surface area contributed by atoms with Crippen molar-refractivity contribution < 1.29 is 27.9 Å². The second-order valence-electron chi connectivity index (χ2n) is 8.96. The van der Waals surface area contributed by atoms with Crippen molar-refractivity contribution in [2.75, 3.05) is 6.54 Å². The Balaban J connectivity index is 1.57. The second-order valence-corrected chi connectivity index (χ2v) is 8.96. The highest BCUT2D eigenvalue weighted by Gasteiger charge is 2.25. The number of carboxylic acids is 1. The first kappa shape index (κ1) is 26.7. The van der Waals surface area contributed by atoms with Crippen LogP contribution < -0.4 is 0 Å². The summed E-state index contributed by atoms with van der Waals surface area (Å²) in [5.74, 6) is -5.77. The monoisotopic (exact) mass is 517 g/mol. The molecule has 0 aliphatic heterocycles. The number of aliphatic carboxylic acids is 1. The van der Waals surface area contributed by atoms with E-state index in [2.05, 4.69) is 0 Å². The third-order valence-corrected chi connectivity index (χ3v) is 6.28. The van der Waals surface area contributed by atoms with Crippen molar-refractivity contribution in [2.24, 2.45) is 0 Å². The van der Waals surface area contributed by atoms with Gasteiger partial charge in [0, 0.05) is 13.1 Å². The zero-order valence-electron chi connectivity index (χ0n) is 20.5. The maximum Gasteiger partial charge on any atom is 0.307 e. The minimum atomic E-state index is -1.51. The molecule has 1 amide bonds. The molecule has 0 unspecified atom stereocenters. The van der Waals surface area contributed by atoms with Crippen molar-refractivity contribution in [2.45, 2.75) is 25.8 Å². The number of rotatable bonds is 10. The van der Waals surface area contributed by atoms with Gasteiger partial charge >= 0.3 is 5.97 Å². The first-order chi connectivity index (χ1) is 18.3. The van der Waals surface area contributed by atoms with Gasteiger partial charge in [0.05, 0.1) is 6.42 Å². The lowest BCUT2D eigenvalue weighted by atomic mass is 9.97. The van der Waals surface area contributed by atoms with Crippen molar-refractivity contribution in [3.05, 3.63) is 131 Å². The van der Waals surface area contributed by atoms with Crippen LogP contribution in [0.15, 0.2) is 91.0 Å². The summed E-state index contributed by atoms with van der Waals surface area (Å²) in [6.07, 6.45) is 1.07. The number of halogens is 3. The molecule has 0 radical (unpaired) electrons. The molecule has 0 aromatic heterocycles. The van der Waals surface area contributed by atoms with Crippen molar-refractivity contribution in [3.8, 4) is 11.1 Å². The summed E-state index contributed by atoms with van der Waals surface area (Å²) < 4.78 is 42.8. The summed E-state index contributed by atoms with van der Waals surface area (Å²) in [4.78, 5) is 25.8. The van der Waals surface area contributed by atoms with Crippen LogP contribution in [-0.2, 0) is 24.2 Å². The highest BCUT2D eigenvalue weighted by molar-refractivity contribution is 5.94. The van der Waals surface area contributed by atoms with Crippen LogP contribution in [0.2, 0.25) is 0 Å². The van der Waals surface area contributed by atoms with Crippen LogP contribution in [0, 0.1) is 17.5 Å². The number of carbonyl (C=O) groups excluding carboxylic acids is 1. The third-order valence-electron chi connectivity index (χ3n) is 6.28. The molecule has 0 fully saturated rings. The summed E-state index contributed by atoms with van der Waals surface area (Å²) >= 11 is 0. The highest BCUT2D eigenvalue weighted by Crippen LogP contribution is 2.26. The predicted octanol–water partition coefficient (Wildman–Crippen LogP) is 6.67. The number of carboxylic acid groups (broad SMARTS) is 1. The minimum Gasteiger partial charge on any atom is -0.481 e. The van der Waals surface area contributed by atoms with Gasteiger partial charge in [-0.25, -0.2) is 13.2 Å². The standard InChI is InChI=1S/C31H26F3NO3/c32-26-16-17-27(33)30(34)29(26)31(38)35(18-6-9-21-7-2-1-3-8-21)20-22-12-14-23(15-13-22)25-11-5-4-10-24(25)19-28(36)37/h1-5,7-8,10-17H,6,9,18-20H2,(H,36,37). The van der Waals surface area contributed by atoms with Gasteiger partial charge in [0.2, 0.25) is 0 Å². The van der Waals surface area contributed by atoms with E-state index in [4.69, 9.17) is 0 Å². The number of hydrogen-bond donors (Lipinski definition) is 1. The molecule has 0 heterocycles. The summed E-state index contributed by atoms with van der Waals surface area (Å²) in [6.45, 7) is 0.256. The molecule has 0 saturated carbocycles. The van der Waals surface area contributed by atoms with Crippen LogP contribution in [0.1, 0.15) is 33.5 Å². The fourth-order valence-electron chi connectivity index (χ4n) is 4.38. The molecule has 4 aromatic carbocycles. The van der Waals surface area contributed by atoms with Crippen LogP contribution >= 0.6 is 0 Å². The van der Waals surface area contributed by atoms with Crippen molar-refractivity contribution >= 4 is 11.9 Å². The molecule has 0 saturated heterocycles. The molecule has 194 valence electrons. The van der Waals surface area contributed by atoms with Gasteiger partial charge in [0.15, 0.2) is 11.6 Å². The van der Waals surface area contributed by atoms with Crippen molar-refractivity contribution in [1.82, 2.24) is 4.90 Å². The highest BCUT2D eigenvalue weighted by atomic mass is 19.2. The molecule has 4 rings (SSSR count). The largest absolute Gasteiger partial charge is 0.481 e. The maximum absolute atomic E-state index is 14.5. The van der Waals surface area contributed by atoms with E-state index < -0.39 is 34.9 Å². The number of carbonyl (C=O) groups is 2. The molecular formula is C31H26F3NO3. The molecule has 1 N–H and O–H groups in total. The Morgan fingerprint density at radius 2 is 1.39 bits per heavy atom. The van der Waals surface area contributed by atoms with E-state index in [-0.39, 0.29) is 19.5 Å². The van der Waals surface area contributed by atoms with E-state index in [9.17, 15) is 27.9 Å². The number of aryl methyl sites for hydroxylation is 1. The molecule has 4 nitrogen and oxygen atoms in total. The SMILES string of the molecule is O=C(O)Cc1ccccc1-c1ccc(CN(CCCc2ccccc2)C(=O)c2c(F)ccc(F)c2F)cc1. The van der Waals surface area contributed by atoms with Crippen molar-refractivity contribution in [1.29, 1.82) is 0 Å². The van der Waals surface area contributed by atoms with Crippen LogP contribution in [0.5, 0.6) is 0 Å². The summed E-state index contributed by atoms with van der Waals surface area (Å²) in [5.41, 5.74) is 3.10. The summed E-state index contributed by atoms with van der Waals surface area (Å²) in [7, 11) is 0. The van der Waals surface area contributed by atoms with Gasteiger partial charge in [-0.15, -0.1) is 0 Å². The zero-order valence-corrected chi connectivity index (χ0v) is 20.5. The van der Waals surface area contributed by atoms with E-state index in [1.165, 1.54) is 4.90 Å². The Hall–Kier alpha value is -4.39. The lowest BCUT2D eigenvalue weighted by molar-refractivity contribution is -0.136. The first-order valence-corrected chi connectivity index (χ1v) is 12.2. The van der Waals surface area contributed by atoms with Crippen LogP contribution in [0.4, 0.5) is 13.2 Å². The Kier molecular flexibility index (Phi) is 8.58. The first-order valence-electron chi connectivity index (χ1n) is 12.2. The van der Waals surface area contributed by atoms with E-state index in [1.807, 2.05) is 54.6 Å². The molecule has 38 heavy (non-hydrogen) atoms. The molecule has 0 bridgehead atoms. The quantitative estimate of drug-likeness (QED) is 0.239. The average Bonchev–Trinajstić information content (AvgIpc) is 2.91. The minimum absolute atomic E-state index is 0.0556. The van der Waals surface area contributed by atoms with E-state index >= 15 is 0 Å². The lowest BCUT2D eigenvalue weighted by Gasteiger charge is -2.24. The average molecular weight is 518 g/mol.